The topological polar surface area (TPSA) is 104 Å². The van der Waals surface area contributed by atoms with Crippen LogP contribution in [-0.2, 0) is 19.6 Å². The van der Waals surface area contributed by atoms with Gasteiger partial charge < -0.3 is 14.6 Å². The van der Waals surface area contributed by atoms with Crippen LogP contribution in [0, 0.1) is 5.82 Å². The lowest BCUT2D eigenvalue weighted by atomic mass is 9.92. The van der Waals surface area contributed by atoms with Gasteiger partial charge in [-0.25, -0.2) is 12.8 Å². The number of aromatic amines is 1. The van der Waals surface area contributed by atoms with E-state index in [4.69, 9.17) is 0 Å². The molecule has 0 amide bonds. The van der Waals surface area contributed by atoms with Gasteiger partial charge in [0.2, 0.25) is 10.0 Å². The number of carbonyl (C=O) groups excluding carboxylic acids is 1. The maximum absolute atomic E-state index is 13.6. The molecule has 210 valence electrons. The summed E-state index contributed by atoms with van der Waals surface area (Å²) in [5.41, 5.74) is 7.11. The maximum atomic E-state index is 13.6. The Kier molecular flexibility index (Phi) is 8.42. The molecule has 0 saturated heterocycles. The van der Waals surface area contributed by atoms with Crippen molar-refractivity contribution in [2.75, 3.05) is 26.7 Å². The number of hydrogen-bond acceptors (Lipinski definition) is 6. The summed E-state index contributed by atoms with van der Waals surface area (Å²) < 4.78 is 45.0. The Morgan fingerprint density at radius 3 is 2.46 bits per heavy atom. The van der Waals surface area contributed by atoms with Gasteiger partial charge in [0.25, 0.3) is 0 Å². The number of pyridine rings is 1. The third-order valence-corrected chi connectivity index (χ3v) is 8.29. The molecule has 3 heterocycles. The number of H-pyrrole nitrogens is 1. The van der Waals surface area contributed by atoms with Gasteiger partial charge in [-0.05, 0) is 89.5 Å². The summed E-state index contributed by atoms with van der Waals surface area (Å²) in [6.07, 6.45) is 12.5. The molecule has 0 fully saturated rings. The molecule has 0 bridgehead atoms. The highest BCUT2D eigenvalue weighted by Gasteiger charge is 2.20. The predicted molar refractivity (Wildman–Crippen MR) is 156 cm³/mol. The van der Waals surface area contributed by atoms with Crippen LogP contribution in [0.1, 0.15) is 17.5 Å². The molecule has 0 aliphatic carbocycles. The molecule has 0 spiro atoms. The highest BCUT2D eigenvalue weighted by molar-refractivity contribution is 7.89. The zero-order valence-corrected chi connectivity index (χ0v) is 23.2. The summed E-state index contributed by atoms with van der Waals surface area (Å²) in [6.45, 7) is 1.09. The largest absolute Gasteiger partial charge is 0.468 e. The number of sulfonamides is 1. The van der Waals surface area contributed by atoms with E-state index >= 15 is 0 Å². The predicted octanol–water partition coefficient (Wildman–Crippen LogP) is 5.09. The molecule has 0 saturated carbocycles. The Hall–Kier alpha value is -4.54. The van der Waals surface area contributed by atoms with E-state index in [1.165, 1.54) is 36.9 Å². The Balaban J connectivity index is 1.30. The first-order valence-electron chi connectivity index (χ1n) is 13.0. The number of methoxy groups -OCH3 is 1. The summed E-state index contributed by atoms with van der Waals surface area (Å²) in [4.78, 5) is 21.1. The molecule has 2 aromatic heterocycles. The van der Waals surface area contributed by atoms with E-state index < -0.39 is 22.5 Å². The van der Waals surface area contributed by atoms with E-state index in [1.807, 2.05) is 30.6 Å². The smallest absolute Gasteiger partial charge is 0.320 e. The van der Waals surface area contributed by atoms with Crippen molar-refractivity contribution in [2.24, 2.45) is 0 Å². The summed E-state index contributed by atoms with van der Waals surface area (Å²) >= 11 is 0. The van der Waals surface area contributed by atoms with Crippen LogP contribution in [0.2, 0.25) is 0 Å². The first kappa shape index (κ1) is 28.0. The Morgan fingerprint density at radius 1 is 1.07 bits per heavy atom. The summed E-state index contributed by atoms with van der Waals surface area (Å²) in [5.74, 6) is -0.937. The van der Waals surface area contributed by atoms with Gasteiger partial charge in [-0.2, -0.15) is 4.72 Å². The van der Waals surface area contributed by atoms with Crippen molar-refractivity contribution in [1.29, 1.82) is 0 Å². The fourth-order valence-electron chi connectivity index (χ4n) is 4.66. The minimum Gasteiger partial charge on any atom is -0.468 e. The second-order valence-electron chi connectivity index (χ2n) is 9.45. The van der Waals surface area contributed by atoms with Gasteiger partial charge in [0, 0.05) is 42.8 Å². The van der Waals surface area contributed by atoms with E-state index in [0.29, 0.717) is 6.54 Å². The number of rotatable bonds is 9. The van der Waals surface area contributed by atoms with Crippen molar-refractivity contribution in [3.8, 4) is 22.4 Å². The molecule has 41 heavy (non-hydrogen) atoms. The molecule has 2 N–H and O–H groups in total. The number of benzene rings is 2. The third kappa shape index (κ3) is 6.62. The molecule has 4 aromatic rings. The van der Waals surface area contributed by atoms with Gasteiger partial charge in [0.1, 0.15) is 12.4 Å². The van der Waals surface area contributed by atoms with Crippen LogP contribution < -0.4 is 4.72 Å². The second kappa shape index (κ2) is 12.3. The average Bonchev–Trinajstić information content (AvgIpc) is 3.45. The zero-order chi connectivity index (χ0) is 28.8. The Labute approximate surface area is 238 Å². The molecule has 5 rings (SSSR count). The average molecular weight is 573 g/mol. The lowest BCUT2D eigenvalue weighted by Crippen LogP contribution is -2.30. The molecular formula is C31H29FN4O4S. The fourth-order valence-corrected chi connectivity index (χ4v) is 5.63. The third-order valence-electron chi connectivity index (χ3n) is 6.87. The number of nitrogens with zero attached hydrogens (tertiary/aromatic N) is 2. The van der Waals surface area contributed by atoms with E-state index in [-0.39, 0.29) is 10.7 Å². The quantitative estimate of drug-likeness (QED) is 0.271. The van der Waals surface area contributed by atoms with Gasteiger partial charge >= 0.3 is 5.97 Å². The van der Waals surface area contributed by atoms with Crippen LogP contribution >= 0.6 is 0 Å². The van der Waals surface area contributed by atoms with E-state index in [1.54, 1.807) is 36.7 Å². The number of hydrogen-bond donors (Lipinski definition) is 2. The van der Waals surface area contributed by atoms with E-state index in [2.05, 4.69) is 30.4 Å². The number of halogens is 1. The van der Waals surface area contributed by atoms with Crippen LogP contribution in [0.3, 0.4) is 0 Å². The summed E-state index contributed by atoms with van der Waals surface area (Å²) in [7, 11) is -2.61. The van der Waals surface area contributed by atoms with Crippen molar-refractivity contribution in [2.45, 2.75) is 11.3 Å². The summed E-state index contributed by atoms with van der Waals surface area (Å²) in [5, 5.41) is 0. The molecule has 0 atom stereocenters. The van der Waals surface area contributed by atoms with Crippen molar-refractivity contribution in [1.82, 2.24) is 19.6 Å². The van der Waals surface area contributed by atoms with Crippen LogP contribution in [-0.4, -0.2) is 56.0 Å². The van der Waals surface area contributed by atoms with Gasteiger partial charge in [-0.3, -0.25) is 9.78 Å². The van der Waals surface area contributed by atoms with E-state index in [9.17, 15) is 17.6 Å². The summed E-state index contributed by atoms with van der Waals surface area (Å²) in [6, 6.07) is 16.9. The minimum absolute atomic E-state index is 0.0700. The van der Waals surface area contributed by atoms with Gasteiger partial charge in [-0.1, -0.05) is 18.2 Å². The van der Waals surface area contributed by atoms with Crippen molar-refractivity contribution in [3.63, 3.8) is 0 Å². The lowest BCUT2D eigenvalue weighted by molar-refractivity contribution is -0.139. The molecule has 0 unspecified atom stereocenters. The van der Waals surface area contributed by atoms with Crippen molar-refractivity contribution in [3.05, 3.63) is 108 Å². The molecule has 8 nitrogen and oxygen atoms in total. The number of nitrogens with one attached hydrogen (secondary N) is 2. The van der Waals surface area contributed by atoms with Gasteiger partial charge in [0.05, 0.1) is 17.7 Å². The lowest BCUT2D eigenvalue weighted by Gasteiger charge is -2.25. The first-order chi connectivity index (χ1) is 19.8. The number of carbonyl (C=O) groups is 1. The first-order valence-corrected chi connectivity index (χ1v) is 14.5. The molecule has 2 aromatic carbocycles. The zero-order valence-electron chi connectivity index (χ0n) is 22.4. The van der Waals surface area contributed by atoms with E-state index in [0.717, 1.165) is 46.5 Å². The SMILES string of the molecule is COC(=O)CNS(=O)(=O)c1ccc(C=CN2CC=C(c3c[nH]c(-c4ccc(F)cc4)c3-c3ccncc3)CC2)cc1. The number of esters is 1. The standard InChI is InChI=1S/C31H29FN4O4S/c1-40-29(37)21-35-41(38,39)27-8-2-22(3-9-27)12-17-36-18-13-23(14-19-36)28-20-34-31(25-4-6-26(32)7-5-25)30(28)24-10-15-33-16-11-24/h2-13,15-17,20,34-35H,14,18-19,21H2,1H3. The van der Waals surface area contributed by atoms with Crippen LogP contribution in [0.4, 0.5) is 4.39 Å². The van der Waals surface area contributed by atoms with Crippen molar-refractivity contribution < 1.29 is 22.3 Å². The molecular weight excluding hydrogens is 543 g/mol. The van der Waals surface area contributed by atoms with Gasteiger partial charge in [0.15, 0.2) is 0 Å². The Bertz CT molecular complexity index is 1680. The molecule has 1 aliphatic rings. The fraction of sp³-hybridized carbons (Fsp3) is 0.161. The highest BCUT2D eigenvalue weighted by atomic mass is 32.2. The van der Waals surface area contributed by atoms with Crippen LogP contribution in [0.15, 0.2) is 96.4 Å². The second-order valence-corrected chi connectivity index (χ2v) is 11.2. The highest BCUT2D eigenvalue weighted by Crippen LogP contribution is 2.39. The minimum atomic E-state index is -3.81. The Morgan fingerprint density at radius 2 is 1.80 bits per heavy atom. The maximum Gasteiger partial charge on any atom is 0.320 e. The van der Waals surface area contributed by atoms with Crippen molar-refractivity contribution >= 4 is 27.6 Å². The molecule has 1 aliphatic heterocycles. The van der Waals surface area contributed by atoms with Crippen LogP contribution in [0.5, 0.6) is 0 Å². The molecule has 0 radical (unpaired) electrons. The van der Waals surface area contributed by atoms with Crippen LogP contribution in [0.25, 0.3) is 34.0 Å². The monoisotopic (exact) mass is 572 g/mol. The number of ether oxygens (including phenoxy) is 1. The van der Waals surface area contributed by atoms with Gasteiger partial charge in [-0.15, -0.1) is 0 Å². The number of aromatic nitrogens is 2. The molecule has 10 heteroatoms. The normalized spacial score (nSPS) is 13.8.